The first-order chi connectivity index (χ1) is 15.3. The highest BCUT2D eigenvalue weighted by atomic mass is 16.2. The number of carbonyl (C=O) groups is 1. The van der Waals surface area contributed by atoms with Crippen LogP contribution in [0.15, 0.2) is 49.1 Å². The Hall–Kier alpha value is -3.56. The molecule has 160 valence electrons. The molecule has 3 aromatic rings. The molecule has 0 unspecified atom stereocenters. The van der Waals surface area contributed by atoms with E-state index >= 15 is 0 Å². The lowest BCUT2D eigenvalue weighted by atomic mass is 9.95. The summed E-state index contributed by atoms with van der Waals surface area (Å²) < 4.78 is 1.69. The minimum absolute atomic E-state index is 0.0760. The number of anilines is 2. The van der Waals surface area contributed by atoms with Gasteiger partial charge in [0.25, 0.3) is 0 Å². The Bertz CT molecular complexity index is 977. The van der Waals surface area contributed by atoms with Crippen LogP contribution in [0.3, 0.4) is 0 Å². The molecule has 0 radical (unpaired) electrons. The third kappa shape index (κ3) is 4.18. The normalized spacial score (nSPS) is 17.7. The zero-order valence-electron chi connectivity index (χ0n) is 17.3. The van der Waals surface area contributed by atoms with Crippen molar-refractivity contribution in [2.75, 3.05) is 49.1 Å². The average Bonchev–Trinajstić information content (AvgIpc) is 3.40. The minimum atomic E-state index is 0.0760. The maximum atomic E-state index is 13.0. The molecule has 5 heterocycles. The van der Waals surface area contributed by atoms with E-state index < -0.39 is 0 Å². The van der Waals surface area contributed by atoms with E-state index in [1.54, 1.807) is 23.3 Å². The number of piperidine rings is 1. The molecular weight excluding hydrogens is 394 g/mol. The lowest BCUT2D eigenvalue weighted by molar-refractivity contribution is -0.136. The van der Waals surface area contributed by atoms with Gasteiger partial charge in [0, 0.05) is 70.0 Å². The van der Waals surface area contributed by atoms with Crippen LogP contribution in [-0.4, -0.2) is 80.0 Å². The summed E-state index contributed by atoms with van der Waals surface area (Å²) in [5.41, 5.74) is 0. The first kappa shape index (κ1) is 19.4. The van der Waals surface area contributed by atoms with Crippen molar-refractivity contribution in [3.8, 4) is 5.82 Å². The van der Waals surface area contributed by atoms with Crippen LogP contribution in [0.1, 0.15) is 12.8 Å². The Morgan fingerprint density at radius 3 is 2.16 bits per heavy atom. The van der Waals surface area contributed by atoms with Crippen molar-refractivity contribution in [2.45, 2.75) is 12.8 Å². The molecule has 2 aliphatic heterocycles. The van der Waals surface area contributed by atoms with Gasteiger partial charge in [0.1, 0.15) is 0 Å². The van der Waals surface area contributed by atoms with E-state index in [0.717, 1.165) is 63.9 Å². The van der Waals surface area contributed by atoms with Gasteiger partial charge in [-0.3, -0.25) is 4.79 Å². The molecule has 0 saturated carbocycles. The lowest BCUT2D eigenvalue weighted by Gasteiger charge is -2.38. The van der Waals surface area contributed by atoms with Crippen molar-refractivity contribution in [1.29, 1.82) is 0 Å². The zero-order chi connectivity index (χ0) is 21.0. The quantitative estimate of drug-likeness (QED) is 0.618. The number of piperazine rings is 1. The van der Waals surface area contributed by atoms with Gasteiger partial charge in [-0.1, -0.05) is 0 Å². The van der Waals surface area contributed by atoms with Crippen molar-refractivity contribution < 1.29 is 4.79 Å². The van der Waals surface area contributed by atoms with E-state index in [1.807, 2.05) is 35.4 Å². The Kier molecular flexibility index (Phi) is 5.42. The van der Waals surface area contributed by atoms with E-state index in [2.05, 4.69) is 35.1 Å². The second kappa shape index (κ2) is 8.66. The number of hydrogen-bond donors (Lipinski definition) is 0. The fourth-order valence-corrected chi connectivity index (χ4v) is 4.21. The number of rotatable bonds is 4. The predicted molar refractivity (Wildman–Crippen MR) is 115 cm³/mol. The van der Waals surface area contributed by atoms with E-state index in [9.17, 15) is 4.79 Å². The molecule has 2 aliphatic rings. The Labute approximate surface area is 180 Å². The van der Waals surface area contributed by atoms with Gasteiger partial charge in [0.15, 0.2) is 11.6 Å². The monoisotopic (exact) mass is 419 g/mol. The Morgan fingerprint density at radius 2 is 1.52 bits per heavy atom. The van der Waals surface area contributed by atoms with Crippen molar-refractivity contribution >= 4 is 17.7 Å². The largest absolute Gasteiger partial charge is 0.355 e. The van der Waals surface area contributed by atoms with Crippen LogP contribution in [0, 0.1) is 5.92 Å². The van der Waals surface area contributed by atoms with Crippen LogP contribution in [0.5, 0.6) is 0 Å². The summed E-state index contributed by atoms with van der Waals surface area (Å²) in [5.74, 6) is 2.63. The van der Waals surface area contributed by atoms with Crippen molar-refractivity contribution in [2.24, 2.45) is 5.92 Å². The third-order valence-corrected chi connectivity index (χ3v) is 5.97. The molecule has 0 N–H and O–H groups in total. The van der Waals surface area contributed by atoms with Crippen molar-refractivity contribution in [3.05, 3.63) is 49.1 Å². The molecule has 5 rings (SSSR count). The summed E-state index contributed by atoms with van der Waals surface area (Å²) in [7, 11) is 0. The fraction of sp³-hybridized carbons (Fsp3) is 0.429. The molecule has 2 saturated heterocycles. The number of nitrogens with zero attached hydrogens (tertiary/aromatic N) is 9. The number of aromatic nitrogens is 6. The van der Waals surface area contributed by atoms with Crippen molar-refractivity contribution in [3.63, 3.8) is 0 Å². The second-order valence-corrected chi connectivity index (χ2v) is 7.82. The standard InChI is InChI=1S/C21H25N9O/c31-20(28-13-15-29(16-14-28)21-22-7-1-8-23-21)17-5-11-27(12-6-17)18-3-4-19(26-25-18)30-10-2-9-24-30/h1-4,7-10,17H,5-6,11-16H2. The molecule has 0 atom stereocenters. The summed E-state index contributed by atoms with van der Waals surface area (Å²) in [5, 5.41) is 12.8. The van der Waals surface area contributed by atoms with Gasteiger partial charge in [0.2, 0.25) is 11.9 Å². The van der Waals surface area contributed by atoms with Crippen LogP contribution in [-0.2, 0) is 4.79 Å². The van der Waals surface area contributed by atoms with E-state index in [0.29, 0.717) is 5.82 Å². The van der Waals surface area contributed by atoms with E-state index in [1.165, 1.54) is 0 Å². The highest BCUT2D eigenvalue weighted by Crippen LogP contribution is 2.24. The molecule has 3 aromatic heterocycles. The van der Waals surface area contributed by atoms with Gasteiger partial charge < -0.3 is 14.7 Å². The molecule has 1 amide bonds. The van der Waals surface area contributed by atoms with Crippen molar-refractivity contribution in [1.82, 2.24) is 34.8 Å². The van der Waals surface area contributed by atoms with Crippen LogP contribution >= 0.6 is 0 Å². The van der Waals surface area contributed by atoms with Gasteiger partial charge in [0.05, 0.1) is 0 Å². The molecule has 0 bridgehead atoms. The molecule has 31 heavy (non-hydrogen) atoms. The summed E-state index contributed by atoms with van der Waals surface area (Å²) in [6.45, 7) is 4.60. The summed E-state index contributed by atoms with van der Waals surface area (Å²) in [4.78, 5) is 28.0. The zero-order valence-corrected chi connectivity index (χ0v) is 17.3. The van der Waals surface area contributed by atoms with E-state index in [-0.39, 0.29) is 11.8 Å². The predicted octanol–water partition coefficient (Wildman–Crippen LogP) is 1.02. The van der Waals surface area contributed by atoms with Gasteiger partial charge >= 0.3 is 0 Å². The third-order valence-electron chi connectivity index (χ3n) is 5.97. The maximum absolute atomic E-state index is 13.0. The second-order valence-electron chi connectivity index (χ2n) is 7.82. The summed E-state index contributed by atoms with van der Waals surface area (Å²) in [6.07, 6.45) is 8.74. The molecule has 10 heteroatoms. The fourth-order valence-electron chi connectivity index (χ4n) is 4.21. The van der Waals surface area contributed by atoms with Gasteiger partial charge in [-0.05, 0) is 37.1 Å². The van der Waals surface area contributed by atoms with Crippen LogP contribution in [0.2, 0.25) is 0 Å². The minimum Gasteiger partial charge on any atom is -0.355 e. The Morgan fingerprint density at radius 1 is 0.806 bits per heavy atom. The average molecular weight is 419 g/mol. The molecule has 0 aromatic carbocycles. The summed E-state index contributed by atoms with van der Waals surface area (Å²) in [6, 6.07) is 7.56. The van der Waals surface area contributed by atoms with Crippen LogP contribution in [0.4, 0.5) is 11.8 Å². The molecule has 2 fully saturated rings. The van der Waals surface area contributed by atoms with Crippen LogP contribution < -0.4 is 9.80 Å². The maximum Gasteiger partial charge on any atom is 0.225 e. The molecule has 0 spiro atoms. The molecule has 10 nitrogen and oxygen atoms in total. The number of hydrogen-bond acceptors (Lipinski definition) is 8. The topological polar surface area (TPSA) is 96.2 Å². The van der Waals surface area contributed by atoms with Gasteiger partial charge in [-0.25, -0.2) is 14.6 Å². The van der Waals surface area contributed by atoms with Gasteiger partial charge in [-0.2, -0.15) is 5.10 Å². The molecule has 0 aliphatic carbocycles. The summed E-state index contributed by atoms with van der Waals surface area (Å²) >= 11 is 0. The lowest BCUT2D eigenvalue weighted by Crippen LogP contribution is -2.52. The first-order valence-corrected chi connectivity index (χ1v) is 10.7. The van der Waals surface area contributed by atoms with Crippen LogP contribution in [0.25, 0.3) is 5.82 Å². The molecular formula is C21H25N9O. The smallest absolute Gasteiger partial charge is 0.225 e. The number of amides is 1. The first-order valence-electron chi connectivity index (χ1n) is 10.7. The highest BCUT2D eigenvalue weighted by molar-refractivity contribution is 5.79. The van der Waals surface area contributed by atoms with Gasteiger partial charge in [-0.15, -0.1) is 10.2 Å². The SMILES string of the molecule is O=C(C1CCN(c2ccc(-n3cccn3)nn2)CC1)N1CCN(c2ncccn2)CC1. The Balaban J connectivity index is 1.12. The highest BCUT2D eigenvalue weighted by Gasteiger charge is 2.31. The van der Waals surface area contributed by atoms with E-state index in [4.69, 9.17) is 0 Å². The number of carbonyl (C=O) groups excluding carboxylic acids is 1.